The van der Waals surface area contributed by atoms with Crippen molar-refractivity contribution in [3.63, 3.8) is 0 Å². The van der Waals surface area contributed by atoms with E-state index in [-0.39, 0.29) is 12.4 Å². The van der Waals surface area contributed by atoms with Gasteiger partial charge in [0, 0.05) is 18.9 Å². The molecule has 2 heterocycles. The van der Waals surface area contributed by atoms with E-state index < -0.39 is 30.4 Å². The number of aromatic nitrogens is 2. The van der Waals surface area contributed by atoms with E-state index in [4.69, 9.17) is 5.11 Å². The fourth-order valence-corrected chi connectivity index (χ4v) is 1.94. The van der Waals surface area contributed by atoms with Gasteiger partial charge in [-0.15, -0.1) is 0 Å². The largest absolute Gasteiger partial charge is 0.481 e. The second-order valence-corrected chi connectivity index (χ2v) is 3.80. The van der Waals surface area contributed by atoms with Gasteiger partial charge in [-0.3, -0.25) is 4.79 Å². The number of hydrogen-bond donors (Lipinski definition) is 1. The molecule has 0 radical (unpaired) electrons. The molecule has 0 bridgehead atoms. The van der Waals surface area contributed by atoms with Crippen molar-refractivity contribution in [1.82, 2.24) is 9.55 Å². The number of alkyl halides is 3. The van der Waals surface area contributed by atoms with Gasteiger partial charge in [-0.2, -0.15) is 13.2 Å². The van der Waals surface area contributed by atoms with Crippen LogP contribution in [-0.2, 0) is 11.3 Å². The summed E-state index contributed by atoms with van der Waals surface area (Å²) in [5, 5.41) is 8.87. The van der Waals surface area contributed by atoms with Crippen LogP contribution in [0.3, 0.4) is 0 Å². The van der Waals surface area contributed by atoms with Crippen LogP contribution in [0.5, 0.6) is 0 Å². The highest BCUT2D eigenvalue weighted by Gasteiger charge is 2.46. The number of fused-ring (bicyclic) bond motifs is 1. The first-order valence-electron chi connectivity index (χ1n) is 4.70. The van der Waals surface area contributed by atoms with E-state index in [1.807, 2.05) is 0 Å². The van der Waals surface area contributed by atoms with Crippen molar-refractivity contribution in [2.45, 2.75) is 25.1 Å². The Kier molecular flexibility index (Phi) is 2.40. The molecule has 1 aliphatic rings. The maximum atomic E-state index is 12.6. The Bertz CT molecular complexity index is 413. The quantitative estimate of drug-likeness (QED) is 0.803. The molecule has 88 valence electrons. The standard InChI is InChI=1S/C9H9F3N2O2/c10-9(11,12)5-3-6(8(15)16)7-13-1-2-14(7)4-5/h1-2,5-6H,3-4H2,(H,15,16)/t5-,6-/m0/s1. The summed E-state index contributed by atoms with van der Waals surface area (Å²) < 4.78 is 38.9. The molecule has 0 saturated heterocycles. The van der Waals surface area contributed by atoms with E-state index in [2.05, 4.69) is 4.98 Å². The number of carboxylic acids is 1. The number of imidazole rings is 1. The predicted octanol–water partition coefficient (Wildman–Crippen LogP) is 1.63. The van der Waals surface area contributed by atoms with Crippen molar-refractivity contribution < 1.29 is 23.1 Å². The van der Waals surface area contributed by atoms with Crippen LogP contribution in [0.1, 0.15) is 18.2 Å². The van der Waals surface area contributed by atoms with Crippen molar-refractivity contribution in [1.29, 1.82) is 0 Å². The fraction of sp³-hybridized carbons (Fsp3) is 0.556. The van der Waals surface area contributed by atoms with Crippen molar-refractivity contribution in [3.8, 4) is 0 Å². The zero-order valence-electron chi connectivity index (χ0n) is 8.11. The van der Waals surface area contributed by atoms with Crippen molar-refractivity contribution in [2.24, 2.45) is 5.92 Å². The number of rotatable bonds is 1. The Morgan fingerprint density at radius 3 is 2.81 bits per heavy atom. The fourth-order valence-electron chi connectivity index (χ4n) is 1.94. The minimum absolute atomic E-state index is 0.202. The number of halogens is 3. The molecule has 2 atom stereocenters. The van der Waals surface area contributed by atoms with E-state index in [9.17, 15) is 18.0 Å². The summed E-state index contributed by atoms with van der Waals surface area (Å²) in [5.74, 6) is -3.85. The molecule has 0 fully saturated rings. The van der Waals surface area contributed by atoms with Gasteiger partial charge in [-0.1, -0.05) is 0 Å². The summed E-state index contributed by atoms with van der Waals surface area (Å²) in [6.07, 6.45) is -2.10. The summed E-state index contributed by atoms with van der Waals surface area (Å²) in [5.41, 5.74) is 0. The highest BCUT2D eigenvalue weighted by atomic mass is 19.4. The molecule has 16 heavy (non-hydrogen) atoms. The summed E-state index contributed by atoms with van der Waals surface area (Å²) in [4.78, 5) is 14.7. The zero-order chi connectivity index (χ0) is 11.9. The van der Waals surface area contributed by atoms with Gasteiger partial charge in [-0.25, -0.2) is 4.98 Å². The molecule has 0 aliphatic carbocycles. The molecule has 0 unspecified atom stereocenters. The van der Waals surface area contributed by atoms with Gasteiger partial charge in [-0.05, 0) is 6.42 Å². The van der Waals surface area contributed by atoms with E-state index in [1.54, 1.807) is 0 Å². The molecule has 0 aromatic carbocycles. The maximum Gasteiger partial charge on any atom is 0.393 e. The molecule has 1 N–H and O–H groups in total. The SMILES string of the molecule is O=C(O)[C@H]1C[C@H](C(F)(F)F)Cn2ccnc21. The third-order valence-electron chi connectivity index (χ3n) is 2.76. The molecule has 0 saturated carbocycles. The van der Waals surface area contributed by atoms with Crippen molar-refractivity contribution in [2.75, 3.05) is 0 Å². The van der Waals surface area contributed by atoms with Gasteiger partial charge in [0.25, 0.3) is 0 Å². The third kappa shape index (κ3) is 1.77. The average molecular weight is 234 g/mol. The van der Waals surface area contributed by atoms with Crippen LogP contribution in [-0.4, -0.2) is 26.8 Å². The highest BCUT2D eigenvalue weighted by Crippen LogP contribution is 2.39. The predicted molar refractivity (Wildman–Crippen MR) is 46.8 cm³/mol. The number of hydrogen-bond acceptors (Lipinski definition) is 2. The Labute approximate surface area is 88.7 Å². The van der Waals surface area contributed by atoms with Crippen LogP contribution in [0.15, 0.2) is 12.4 Å². The zero-order valence-corrected chi connectivity index (χ0v) is 8.11. The second kappa shape index (κ2) is 3.50. The number of nitrogens with zero attached hydrogens (tertiary/aromatic N) is 2. The summed E-state index contributed by atoms with van der Waals surface area (Å²) in [6, 6.07) is 0. The lowest BCUT2D eigenvalue weighted by molar-refractivity contribution is -0.185. The summed E-state index contributed by atoms with van der Waals surface area (Å²) >= 11 is 0. The van der Waals surface area contributed by atoms with Crippen molar-refractivity contribution >= 4 is 5.97 Å². The lowest BCUT2D eigenvalue weighted by Gasteiger charge is -2.29. The minimum atomic E-state index is -4.37. The molecule has 1 aromatic rings. The molecular formula is C9H9F3N2O2. The highest BCUT2D eigenvalue weighted by molar-refractivity contribution is 5.75. The maximum absolute atomic E-state index is 12.6. The Hall–Kier alpha value is -1.53. The van der Waals surface area contributed by atoms with Gasteiger partial charge in [0.1, 0.15) is 11.7 Å². The van der Waals surface area contributed by atoms with E-state index in [1.165, 1.54) is 17.0 Å². The number of carbonyl (C=O) groups is 1. The lowest BCUT2D eigenvalue weighted by atomic mass is 9.90. The smallest absolute Gasteiger partial charge is 0.393 e. The molecule has 0 spiro atoms. The van der Waals surface area contributed by atoms with Crippen LogP contribution in [0, 0.1) is 5.92 Å². The minimum Gasteiger partial charge on any atom is -0.481 e. The van der Waals surface area contributed by atoms with E-state index in [0.29, 0.717) is 0 Å². The Morgan fingerprint density at radius 2 is 2.25 bits per heavy atom. The van der Waals surface area contributed by atoms with Gasteiger partial charge < -0.3 is 9.67 Å². The molecule has 0 amide bonds. The third-order valence-corrected chi connectivity index (χ3v) is 2.76. The molecule has 2 rings (SSSR count). The first-order valence-corrected chi connectivity index (χ1v) is 4.70. The molecule has 4 nitrogen and oxygen atoms in total. The summed E-state index contributed by atoms with van der Waals surface area (Å²) in [7, 11) is 0. The van der Waals surface area contributed by atoms with Crippen LogP contribution in [0.25, 0.3) is 0 Å². The van der Waals surface area contributed by atoms with E-state index in [0.717, 1.165) is 0 Å². The first-order chi connectivity index (χ1) is 7.39. The number of carboxylic acid groups (broad SMARTS) is 1. The molecule has 7 heteroatoms. The Morgan fingerprint density at radius 1 is 1.56 bits per heavy atom. The van der Waals surface area contributed by atoms with Crippen molar-refractivity contribution in [3.05, 3.63) is 18.2 Å². The number of aliphatic carboxylic acids is 1. The van der Waals surface area contributed by atoms with Crippen LogP contribution >= 0.6 is 0 Å². The van der Waals surface area contributed by atoms with Gasteiger partial charge in [0.05, 0.1) is 5.92 Å². The van der Waals surface area contributed by atoms with Gasteiger partial charge >= 0.3 is 12.1 Å². The van der Waals surface area contributed by atoms with Gasteiger partial charge in [0.2, 0.25) is 0 Å². The average Bonchev–Trinajstić information content (AvgIpc) is 2.61. The Balaban J connectivity index is 2.34. The van der Waals surface area contributed by atoms with Crippen LogP contribution in [0.4, 0.5) is 13.2 Å². The van der Waals surface area contributed by atoms with Crippen LogP contribution in [0.2, 0.25) is 0 Å². The monoisotopic (exact) mass is 234 g/mol. The molecule has 1 aromatic heterocycles. The summed E-state index contributed by atoms with van der Waals surface area (Å²) in [6.45, 7) is -0.247. The molecule has 1 aliphatic heterocycles. The normalized spacial score (nSPS) is 25.2. The van der Waals surface area contributed by atoms with Gasteiger partial charge in [0.15, 0.2) is 0 Å². The second-order valence-electron chi connectivity index (χ2n) is 3.80. The topological polar surface area (TPSA) is 55.1 Å². The lowest BCUT2D eigenvalue weighted by Crippen LogP contribution is -2.36. The first kappa shape index (κ1) is 11.0. The molecular weight excluding hydrogens is 225 g/mol. The van der Waals surface area contributed by atoms with Crippen LogP contribution < -0.4 is 0 Å². The van der Waals surface area contributed by atoms with E-state index >= 15 is 0 Å².